The maximum atomic E-state index is 3.68. The lowest BCUT2D eigenvalue weighted by Crippen LogP contribution is -2.24. The van der Waals surface area contributed by atoms with Gasteiger partial charge in [0, 0.05) is 6.04 Å². The summed E-state index contributed by atoms with van der Waals surface area (Å²) in [5, 5.41) is 3.68. The third-order valence-corrected chi connectivity index (χ3v) is 4.06. The fourth-order valence-electron chi connectivity index (χ4n) is 2.00. The molecule has 0 aromatic carbocycles. The Labute approximate surface area is 99.8 Å². The maximum absolute atomic E-state index is 3.68. The largest absolute Gasteiger partial charge is 0.314 e. The second kappa shape index (κ2) is 8.46. The molecule has 1 saturated carbocycles. The zero-order valence-electron chi connectivity index (χ0n) is 10.4. The van der Waals surface area contributed by atoms with Gasteiger partial charge < -0.3 is 5.32 Å². The Morgan fingerprint density at radius 1 is 1.27 bits per heavy atom. The molecule has 15 heavy (non-hydrogen) atoms. The van der Waals surface area contributed by atoms with Gasteiger partial charge in [0.15, 0.2) is 0 Å². The summed E-state index contributed by atoms with van der Waals surface area (Å²) in [4.78, 5) is 0. The fourth-order valence-corrected chi connectivity index (χ4v) is 2.66. The van der Waals surface area contributed by atoms with Gasteiger partial charge in [0.25, 0.3) is 0 Å². The molecule has 0 aliphatic heterocycles. The van der Waals surface area contributed by atoms with Crippen molar-refractivity contribution in [2.24, 2.45) is 5.92 Å². The highest BCUT2D eigenvalue weighted by atomic mass is 32.2. The Morgan fingerprint density at radius 2 is 2.07 bits per heavy atom. The zero-order valence-corrected chi connectivity index (χ0v) is 11.2. The molecular formula is C13H27NS. The van der Waals surface area contributed by atoms with Crippen LogP contribution in [0.4, 0.5) is 0 Å². The molecule has 0 saturated heterocycles. The maximum Gasteiger partial charge on any atom is 0.00683 e. The van der Waals surface area contributed by atoms with E-state index in [-0.39, 0.29) is 0 Å². The van der Waals surface area contributed by atoms with Gasteiger partial charge in [0.1, 0.15) is 0 Å². The molecule has 2 heteroatoms. The van der Waals surface area contributed by atoms with Crippen LogP contribution in [0, 0.1) is 5.92 Å². The van der Waals surface area contributed by atoms with E-state index in [1.54, 1.807) is 0 Å². The summed E-state index contributed by atoms with van der Waals surface area (Å²) in [5.41, 5.74) is 0. The molecule has 1 unspecified atom stereocenters. The van der Waals surface area contributed by atoms with E-state index in [9.17, 15) is 0 Å². The van der Waals surface area contributed by atoms with Crippen LogP contribution in [0.5, 0.6) is 0 Å². The summed E-state index contributed by atoms with van der Waals surface area (Å²) in [7, 11) is 0. The van der Waals surface area contributed by atoms with E-state index >= 15 is 0 Å². The first-order chi connectivity index (χ1) is 7.36. The van der Waals surface area contributed by atoms with Crippen LogP contribution in [-0.2, 0) is 0 Å². The lowest BCUT2D eigenvalue weighted by atomic mass is 9.98. The van der Waals surface area contributed by atoms with E-state index in [1.165, 1.54) is 56.6 Å². The molecule has 1 rings (SSSR count). The average Bonchev–Trinajstić information content (AvgIpc) is 3.04. The van der Waals surface area contributed by atoms with Gasteiger partial charge in [-0.15, -0.1) is 0 Å². The van der Waals surface area contributed by atoms with Gasteiger partial charge in [-0.05, 0) is 56.1 Å². The van der Waals surface area contributed by atoms with Crippen LogP contribution in [0.25, 0.3) is 0 Å². The standard InChI is InChI=1S/C13H27NS/c1-3-6-12(7-5-10-15-4-2)11-14-13-8-9-13/h12-14H,3-11H2,1-2H3. The van der Waals surface area contributed by atoms with Gasteiger partial charge in [0.05, 0.1) is 0 Å². The quantitative estimate of drug-likeness (QED) is 0.573. The third kappa shape index (κ3) is 7.24. The highest BCUT2D eigenvalue weighted by Gasteiger charge is 2.21. The van der Waals surface area contributed by atoms with Crippen LogP contribution in [0.3, 0.4) is 0 Å². The second-order valence-corrected chi connectivity index (χ2v) is 6.07. The van der Waals surface area contributed by atoms with Gasteiger partial charge in [-0.25, -0.2) is 0 Å². The molecular weight excluding hydrogens is 202 g/mol. The van der Waals surface area contributed by atoms with Crippen LogP contribution < -0.4 is 5.32 Å². The summed E-state index contributed by atoms with van der Waals surface area (Å²) in [6.45, 7) is 5.84. The van der Waals surface area contributed by atoms with Crippen molar-refractivity contribution in [2.45, 2.75) is 58.4 Å². The Hall–Kier alpha value is 0.310. The van der Waals surface area contributed by atoms with E-state index in [0.29, 0.717) is 0 Å². The number of thioether (sulfide) groups is 1. The van der Waals surface area contributed by atoms with Crippen molar-refractivity contribution in [3.63, 3.8) is 0 Å². The zero-order chi connectivity index (χ0) is 10.9. The molecule has 0 aromatic heterocycles. The van der Waals surface area contributed by atoms with Crippen LogP contribution in [0.1, 0.15) is 52.4 Å². The number of nitrogens with one attached hydrogen (secondary N) is 1. The fraction of sp³-hybridized carbons (Fsp3) is 1.00. The summed E-state index contributed by atoms with van der Waals surface area (Å²) in [6.07, 6.45) is 8.44. The monoisotopic (exact) mass is 229 g/mol. The van der Waals surface area contributed by atoms with Gasteiger partial charge in [-0.3, -0.25) is 0 Å². The highest BCUT2D eigenvalue weighted by molar-refractivity contribution is 7.99. The lowest BCUT2D eigenvalue weighted by Gasteiger charge is -2.16. The molecule has 1 nitrogen and oxygen atoms in total. The van der Waals surface area contributed by atoms with E-state index in [1.807, 2.05) is 0 Å². The first-order valence-corrected chi connectivity index (χ1v) is 7.83. The number of hydrogen-bond acceptors (Lipinski definition) is 2. The summed E-state index contributed by atoms with van der Waals surface area (Å²) >= 11 is 2.08. The normalized spacial score (nSPS) is 18.0. The summed E-state index contributed by atoms with van der Waals surface area (Å²) in [5.74, 6) is 3.58. The smallest absolute Gasteiger partial charge is 0.00683 e. The third-order valence-electron chi connectivity index (χ3n) is 3.07. The van der Waals surface area contributed by atoms with E-state index < -0.39 is 0 Å². The molecule has 1 aliphatic carbocycles. The van der Waals surface area contributed by atoms with Crippen molar-refractivity contribution in [1.29, 1.82) is 0 Å². The van der Waals surface area contributed by atoms with Crippen molar-refractivity contribution in [1.82, 2.24) is 5.32 Å². The van der Waals surface area contributed by atoms with Crippen LogP contribution in [-0.4, -0.2) is 24.1 Å². The first-order valence-electron chi connectivity index (χ1n) is 6.68. The molecule has 1 fully saturated rings. The van der Waals surface area contributed by atoms with Crippen molar-refractivity contribution < 1.29 is 0 Å². The molecule has 0 bridgehead atoms. The van der Waals surface area contributed by atoms with Crippen molar-refractivity contribution >= 4 is 11.8 Å². The molecule has 0 spiro atoms. The van der Waals surface area contributed by atoms with Gasteiger partial charge in [0.2, 0.25) is 0 Å². The molecule has 0 radical (unpaired) electrons. The minimum absolute atomic E-state index is 0.884. The van der Waals surface area contributed by atoms with Gasteiger partial charge in [-0.2, -0.15) is 11.8 Å². The minimum atomic E-state index is 0.884. The predicted octanol–water partition coefficient (Wildman–Crippen LogP) is 3.69. The van der Waals surface area contributed by atoms with E-state index in [0.717, 1.165) is 12.0 Å². The van der Waals surface area contributed by atoms with E-state index in [4.69, 9.17) is 0 Å². The van der Waals surface area contributed by atoms with Crippen LogP contribution in [0.15, 0.2) is 0 Å². The van der Waals surface area contributed by atoms with Crippen molar-refractivity contribution in [3.05, 3.63) is 0 Å². The molecule has 1 atom stereocenters. The molecule has 1 aliphatic rings. The summed E-state index contributed by atoms with van der Waals surface area (Å²) < 4.78 is 0. The Bertz CT molecular complexity index is 145. The van der Waals surface area contributed by atoms with E-state index in [2.05, 4.69) is 30.9 Å². The second-order valence-electron chi connectivity index (χ2n) is 4.68. The Morgan fingerprint density at radius 3 is 2.67 bits per heavy atom. The minimum Gasteiger partial charge on any atom is -0.314 e. The number of hydrogen-bond donors (Lipinski definition) is 1. The van der Waals surface area contributed by atoms with Gasteiger partial charge in [-0.1, -0.05) is 20.3 Å². The molecule has 0 heterocycles. The highest BCUT2D eigenvalue weighted by Crippen LogP contribution is 2.21. The Balaban J connectivity index is 1.99. The predicted molar refractivity (Wildman–Crippen MR) is 71.7 cm³/mol. The molecule has 0 aromatic rings. The molecule has 90 valence electrons. The average molecular weight is 229 g/mol. The first kappa shape index (κ1) is 13.4. The van der Waals surface area contributed by atoms with Crippen LogP contribution >= 0.6 is 11.8 Å². The Kier molecular flexibility index (Phi) is 7.54. The van der Waals surface area contributed by atoms with Crippen molar-refractivity contribution in [2.75, 3.05) is 18.1 Å². The number of rotatable bonds is 10. The topological polar surface area (TPSA) is 12.0 Å². The van der Waals surface area contributed by atoms with Gasteiger partial charge >= 0.3 is 0 Å². The summed E-state index contributed by atoms with van der Waals surface area (Å²) in [6, 6.07) is 0.884. The van der Waals surface area contributed by atoms with Crippen molar-refractivity contribution in [3.8, 4) is 0 Å². The lowest BCUT2D eigenvalue weighted by molar-refractivity contribution is 0.410. The molecule has 0 amide bonds. The van der Waals surface area contributed by atoms with Crippen LogP contribution in [0.2, 0.25) is 0 Å². The molecule has 1 N–H and O–H groups in total. The SMILES string of the molecule is CCCC(CCCSCC)CNC1CC1.